The number of aryl methyl sites for hydroxylation is 1. The van der Waals surface area contributed by atoms with Gasteiger partial charge in [-0.1, -0.05) is 19.1 Å². The number of nitrogens with one attached hydrogen (secondary N) is 1. The van der Waals surface area contributed by atoms with Gasteiger partial charge in [0.2, 0.25) is 0 Å². The number of aliphatic hydroxyl groups is 1. The van der Waals surface area contributed by atoms with Crippen LogP contribution in [0.4, 0.5) is 0 Å². The van der Waals surface area contributed by atoms with Gasteiger partial charge in [-0.15, -0.1) is 0 Å². The zero-order valence-electron chi connectivity index (χ0n) is 12.6. The van der Waals surface area contributed by atoms with Crippen molar-refractivity contribution in [1.82, 2.24) is 5.32 Å². The molecule has 4 N–H and O–H groups in total. The molecule has 0 amide bonds. The van der Waals surface area contributed by atoms with Crippen molar-refractivity contribution in [3.05, 3.63) is 29.8 Å². The van der Waals surface area contributed by atoms with Gasteiger partial charge < -0.3 is 25.4 Å². The van der Waals surface area contributed by atoms with Crippen LogP contribution in [-0.2, 0) is 16.0 Å². The first-order valence-corrected chi connectivity index (χ1v) is 7.00. The molecule has 1 rings (SSSR count). The van der Waals surface area contributed by atoms with Crippen LogP contribution in [0.25, 0.3) is 0 Å². The van der Waals surface area contributed by atoms with Crippen LogP contribution in [-0.4, -0.2) is 53.6 Å². The van der Waals surface area contributed by atoms with Gasteiger partial charge in [-0.05, 0) is 37.1 Å². The van der Waals surface area contributed by atoms with Gasteiger partial charge in [0.1, 0.15) is 5.75 Å². The molecule has 1 aromatic rings. The first-order valence-electron chi connectivity index (χ1n) is 7.00. The lowest BCUT2D eigenvalue weighted by molar-refractivity contribution is -0.159. The van der Waals surface area contributed by atoms with Crippen molar-refractivity contribution in [3.8, 4) is 5.75 Å². The fourth-order valence-corrected chi connectivity index (χ4v) is 1.41. The minimum atomic E-state index is -1.82. The van der Waals surface area contributed by atoms with Crippen LogP contribution in [0.15, 0.2) is 24.3 Å². The number of aliphatic carboxylic acids is 2. The Morgan fingerprint density at radius 1 is 1.09 bits per heavy atom. The molecule has 0 aliphatic carbocycles. The van der Waals surface area contributed by atoms with E-state index in [9.17, 15) is 0 Å². The summed E-state index contributed by atoms with van der Waals surface area (Å²) in [6, 6.07) is 8.22. The summed E-state index contributed by atoms with van der Waals surface area (Å²) in [5, 5.41) is 26.4. The van der Waals surface area contributed by atoms with Crippen LogP contribution in [0, 0.1) is 0 Å². The summed E-state index contributed by atoms with van der Waals surface area (Å²) in [7, 11) is 0. The molecule has 7 heteroatoms. The Hall–Kier alpha value is -2.12. The summed E-state index contributed by atoms with van der Waals surface area (Å²) in [6.45, 7) is 4.59. The predicted molar refractivity (Wildman–Crippen MR) is 81.2 cm³/mol. The summed E-state index contributed by atoms with van der Waals surface area (Å²) in [5.41, 5.74) is 1.33. The van der Waals surface area contributed by atoms with Crippen molar-refractivity contribution < 1.29 is 29.6 Å². The van der Waals surface area contributed by atoms with Crippen LogP contribution < -0.4 is 10.1 Å². The third kappa shape index (κ3) is 10.6. The van der Waals surface area contributed by atoms with Gasteiger partial charge in [0.05, 0.1) is 13.2 Å². The van der Waals surface area contributed by atoms with Crippen molar-refractivity contribution in [1.29, 1.82) is 0 Å². The third-order valence-corrected chi connectivity index (χ3v) is 2.57. The van der Waals surface area contributed by atoms with Crippen LogP contribution in [0.5, 0.6) is 5.75 Å². The van der Waals surface area contributed by atoms with Crippen LogP contribution in [0.3, 0.4) is 0 Å². The van der Waals surface area contributed by atoms with Crippen molar-refractivity contribution in [2.45, 2.75) is 19.8 Å². The molecule has 0 radical (unpaired) electrons. The van der Waals surface area contributed by atoms with E-state index >= 15 is 0 Å². The van der Waals surface area contributed by atoms with Crippen LogP contribution >= 0.6 is 0 Å². The molecule has 0 saturated heterocycles. The second-order valence-corrected chi connectivity index (χ2v) is 4.28. The fraction of sp³-hybridized carbons (Fsp3) is 0.467. The fourth-order valence-electron chi connectivity index (χ4n) is 1.41. The Bertz CT molecular complexity index is 420. The number of carboxylic acids is 2. The van der Waals surface area contributed by atoms with Gasteiger partial charge in [0.25, 0.3) is 0 Å². The van der Waals surface area contributed by atoms with E-state index in [1.807, 2.05) is 12.1 Å². The number of hydrogen-bond donors (Lipinski definition) is 4. The van der Waals surface area contributed by atoms with E-state index in [0.717, 1.165) is 25.1 Å². The monoisotopic (exact) mass is 313 g/mol. The Morgan fingerprint density at radius 3 is 2.14 bits per heavy atom. The van der Waals surface area contributed by atoms with Crippen molar-refractivity contribution in [2.24, 2.45) is 0 Å². The predicted octanol–water partition coefficient (Wildman–Crippen LogP) is 0.755. The summed E-state index contributed by atoms with van der Waals surface area (Å²) >= 11 is 0. The number of carbonyl (C=O) groups is 2. The molecule has 7 nitrogen and oxygen atoms in total. The van der Waals surface area contributed by atoms with Gasteiger partial charge in [-0.2, -0.15) is 0 Å². The average molecular weight is 313 g/mol. The molecule has 22 heavy (non-hydrogen) atoms. The molecule has 124 valence electrons. The maximum atomic E-state index is 9.10. The molecule has 1 aromatic carbocycles. The minimum absolute atomic E-state index is 0.194. The summed E-state index contributed by atoms with van der Waals surface area (Å²) in [4.78, 5) is 18.2. The Morgan fingerprint density at radius 2 is 1.68 bits per heavy atom. The molecule has 0 unspecified atom stereocenters. The number of carboxylic acid groups (broad SMARTS) is 2. The largest absolute Gasteiger partial charge is 0.494 e. The molecule has 0 atom stereocenters. The topological polar surface area (TPSA) is 116 Å². The second kappa shape index (κ2) is 12.6. The third-order valence-electron chi connectivity index (χ3n) is 2.57. The van der Waals surface area contributed by atoms with E-state index in [1.165, 1.54) is 5.56 Å². The summed E-state index contributed by atoms with van der Waals surface area (Å²) < 4.78 is 5.58. The van der Waals surface area contributed by atoms with Crippen LogP contribution in [0.2, 0.25) is 0 Å². The van der Waals surface area contributed by atoms with Gasteiger partial charge >= 0.3 is 11.9 Å². The Balaban J connectivity index is 0.000000626. The minimum Gasteiger partial charge on any atom is -0.494 e. The summed E-state index contributed by atoms with van der Waals surface area (Å²) in [6.07, 6.45) is 2.01. The second-order valence-electron chi connectivity index (χ2n) is 4.28. The smallest absolute Gasteiger partial charge is 0.414 e. The standard InChI is InChI=1S/C13H21NO2.C2H2O4/c1-2-12-4-6-13(7-5-12)16-11-3-8-14-9-10-15;3-1(4)2(5)6/h4-7,14-15H,2-3,8-11H2,1H3;(H,3,4)(H,5,6). The molecule has 0 bridgehead atoms. The lowest BCUT2D eigenvalue weighted by Gasteiger charge is -2.07. The van der Waals surface area contributed by atoms with E-state index < -0.39 is 11.9 Å². The number of benzene rings is 1. The van der Waals surface area contributed by atoms with Gasteiger partial charge in [0.15, 0.2) is 0 Å². The molecule has 0 aliphatic rings. The Labute approximate surface area is 129 Å². The van der Waals surface area contributed by atoms with E-state index in [4.69, 9.17) is 29.6 Å². The molecule has 0 fully saturated rings. The molecular weight excluding hydrogens is 290 g/mol. The van der Waals surface area contributed by atoms with Gasteiger partial charge in [0, 0.05) is 6.54 Å². The molecule has 0 heterocycles. The van der Waals surface area contributed by atoms with Crippen molar-refractivity contribution in [2.75, 3.05) is 26.3 Å². The maximum Gasteiger partial charge on any atom is 0.414 e. The van der Waals surface area contributed by atoms with E-state index in [0.29, 0.717) is 13.2 Å². The van der Waals surface area contributed by atoms with E-state index in [-0.39, 0.29) is 6.61 Å². The van der Waals surface area contributed by atoms with Crippen LogP contribution in [0.1, 0.15) is 18.9 Å². The first kappa shape index (κ1) is 19.9. The first-order chi connectivity index (χ1) is 10.5. The normalized spacial score (nSPS) is 9.55. The quantitative estimate of drug-likeness (QED) is 0.413. The van der Waals surface area contributed by atoms with E-state index in [1.54, 1.807) is 0 Å². The molecule has 0 aliphatic heterocycles. The molecule has 0 spiro atoms. The van der Waals surface area contributed by atoms with Crippen molar-refractivity contribution >= 4 is 11.9 Å². The van der Waals surface area contributed by atoms with Gasteiger partial charge in [-0.25, -0.2) is 9.59 Å². The molecule has 0 aromatic heterocycles. The highest BCUT2D eigenvalue weighted by Gasteiger charge is 2.04. The number of rotatable bonds is 8. The maximum absolute atomic E-state index is 9.10. The van der Waals surface area contributed by atoms with Crippen molar-refractivity contribution in [3.63, 3.8) is 0 Å². The molecule has 0 saturated carbocycles. The highest BCUT2D eigenvalue weighted by Crippen LogP contribution is 2.12. The SMILES string of the molecule is CCc1ccc(OCCCNCCO)cc1.O=C(O)C(=O)O. The highest BCUT2D eigenvalue weighted by molar-refractivity contribution is 6.27. The lowest BCUT2D eigenvalue weighted by atomic mass is 10.2. The summed E-state index contributed by atoms with van der Waals surface area (Å²) in [5.74, 6) is -2.72. The lowest BCUT2D eigenvalue weighted by Crippen LogP contribution is -2.20. The van der Waals surface area contributed by atoms with E-state index in [2.05, 4.69) is 24.4 Å². The molecular formula is C15H23NO6. The Kier molecular flexibility index (Phi) is 11.4. The highest BCUT2D eigenvalue weighted by atomic mass is 16.5. The van der Waals surface area contributed by atoms with Gasteiger partial charge in [-0.3, -0.25) is 0 Å². The number of ether oxygens (including phenoxy) is 1. The number of hydrogen-bond acceptors (Lipinski definition) is 5. The zero-order valence-corrected chi connectivity index (χ0v) is 12.6. The number of aliphatic hydroxyl groups excluding tert-OH is 1. The zero-order chi connectivity index (χ0) is 16.8. The average Bonchev–Trinajstić information content (AvgIpc) is 2.52.